The largest absolute Gasteiger partial charge is 0.466 e. The number of esters is 2. The molecule has 0 spiro atoms. The molecule has 0 aromatic carbocycles. The third-order valence-corrected chi connectivity index (χ3v) is 3.29. The van der Waals surface area contributed by atoms with E-state index in [2.05, 4.69) is 14.8 Å². The lowest BCUT2D eigenvalue weighted by Gasteiger charge is -2.12. The highest BCUT2D eigenvalue weighted by Crippen LogP contribution is 2.20. The lowest BCUT2D eigenvalue weighted by atomic mass is 10.1. The van der Waals surface area contributed by atoms with Crippen LogP contribution in [0.4, 0.5) is 0 Å². The Hall–Kier alpha value is -2.44. The number of carbonyl (C=O) groups excluding carboxylic acids is 2. The molecule has 22 heavy (non-hydrogen) atoms. The summed E-state index contributed by atoms with van der Waals surface area (Å²) in [4.78, 5) is 27.9. The molecule has 2 aromatic rings. The molecule has 7 heteroatoms. The standard InChI is InChI=1S/C15H19N3O4/c1-8(2)18-13-11(7-16-18)6-12(9(3)17-13)15(20)22-10(4)14(19)21-5/h6-8,10H,1-5H3. The molecule has 0 radical (unpaired) electrons. The molecule has 2 aromatic heterocycles. The second-order valence-corrected chi connectivity index (χ2v) is 5.29. The van der Waals surface area contributed by atoms with Crippen molar-refractivity contribution in [3.63, 3.8) is 0 Å². The van der Waals surface area contributed by atoms with Crippen LogP contribution < -0.4 is 0 Å². The molecule has 0 saturated carbocycles. The number of aromatic nitrogens is 3. The molecule has 2 rings (SSSR count). The van der Waals surface area contributed by atoms with Gasteiger partial charge in [-0.2, -0.15) is 5.10 Å². The Kier molecular flexibility index (Phi) is 4.44. The van der Waals surface area contributed by atoms with Crippen LogP contribution in [0.5, 0.6) is 0 Å². The van der Waals surface area contributed by atoms with Crippen molar-refractivity contribution in [3.8, 4) is 0 Å². The van der Waals surface area contributed by atoms with Gasteiger partial charge in [-0.05, 0) is 33.8 Å². The molecule has 7 nitrogen and oxygen atoms in total. The fourth-order valence-corrected chi connectivity index (χ4v) is 2.09. The predicted octanol–water partition coefficient (Wildman–Crippen LogP) is 2.04. The molecule has 118 valence electrons. The molecule has 2 heterocycles. The van der Waals surface area contributed by atoms with E-state index in [-0.39, 0.29) is 6.04 Å². The molecule has 0 aliphatic carbocycles. The summed E-state index contributed by atoms with van der Waals surface area (Å²) >= 11 is 0. The van der Waals surface area contributed by atoms with Gasteiger partial charge in [-0.15, -0.1) is 0 Å². The Morgan fingerprint density at radius 2 is 1.95 bits per heavy atom. The van der Waals surface area contributed by atoms with Gasteiger partial charge in [0.2, 0.25) is 0 Å². The van der Waals surface area contributed by atoms with Crippen LogP contribution in [0.2, 0.25) is 0 Å². The number of carbonyl (C=O) groups is 2. The lowest BCUT2D eigenvalue weighted by Crippen LogP contribution is -2.25. The fraction of sp³-hybridized carbons (Fsp3) is 0.467. The summed E-state index contributed by atoms with van der Waals surface area (Å²) in [6.45, 7) is 7.19. The van der Waals surface area contributed by atoms with Crippen molar-refractivity contribution in [2.24, 2.45) is 0 Å². The van der Waals surface area contributed by atoms with Crippen molar-refractivity contribution in [2.75, 3.05) is 7.11 Å². The van der Waals surface area contributed by atoms with E-state index in [1.54, 1.807) is 23.9 Å². The maximum Gasteiger partial charge on any atom is 0.346 e. The maximum atomic E-state index is 12.2. The number of aryl methyl sites for hydroxylation is 1. The van der Waals surface area contributed by atoms with Crippen LogP contribution in [-0.4, -0.2) is 39.9 Å². The van der Waals surface area contributed by atoms with Crippen LogP contribution in [-0.2, 0) is 14.3 Å². The normalized spacial score (nSPS) is 12.5. The zero-order chi connectivity index (χ0) is 16.4. The fourth-order valence-electron chi connectivity index (χ4n) is 2.09. The molecule has 1 atom stereocenters. The van der Waals surface area contributed by atoms with Crippen LogP contribution in [0.3, 0.4) is 0 Å². The molecule has 0 aliphatic heterocycles. The van der Waals surface area contributed by atoms with Crippen molar-refractivity contribution >= 4 is 23.0 Å². The van der Waals surface area contributed by atoms with Gasteiger partial charge in [0.15, 0.2) is 11.8 Å². The number of ether oxygens (including phenoxy) is 2. The van der Waals surface area contributed by atoms with Crippen molar-refractivity contribution in [3.05, 3.63) is 23.5 Å². The Morgan fingerprint density at radius 3 is 2.55 bits per heavy atom. The second kappa shape index (κ2) is 6.13. The number of pyridine rings is 1. The first-order valence-electron chi connectivity index (χ1n) is 6.98. The van der Waals surface area contributed by atoms with Gasteiger partial charge in [-0.3, -0.25) is 0 Å². The van der Waals surface area contributed by atoms with E-state index in [4.69, 9.17) is 4.74 Å². The van der Waals surface area contributed by atoms with Crippen LogP contribution in [0.15, 0.2) is 12.3 Å². The van der Waals surface area contributed by atoms with E-state index in [1.165, 1.54) is 14.0 Å². The minimum absolute atomic E-state index is 0.168. The summed E-state index contributed by atoms with van der Waals surface area (Å²) < 4.78 is 11.4. The third kappa shape index (κ3) is 2.93. The lowest BCUT2D eigenvalue weighted by molar-refractivity contribution is -0.149. The molecule has 0 bridgehead atoms. The SMILES string of the molecule is COC(=O)C(C)OC(=O)c1cc2cnn(C(C)C)c2nc1C. The first-order valence-corrected chi connectivity index (χ1v) is 6.98. The van der Waals surface area contributed by atoms with Crippen LogP contribution in [0.25, 0.3) is 11.0 Å². The summed E-state index contributed by atoms with van der Waals surface area (Å²) in [7, 11) is 1.24. The van der Waals surface area contributed by atoms with Gasteiger partial charge in [0.1, 0.15) is 0 Å². The molecule has 0 aliphatic rings. The molecular formula is C15H19N3O4. The minimum atomic E-state index is -0.967. The number of methoxy groups -OCH3 is 1. The Labute approximate surface area is 128 Å². The topological polar surface area (TPSA) is 83.3 Å². The van der Waals surface area contributed by atoms with Gasteiger partial charge in [-0.1, -0.05) is 0 Å². The third-order valence-electron chi connectivity index (χ3n) is 3.29. The monoisotopic (exact) mass is 305 g/mol. The molecular weight excluding hydrogens is 286 g/mol. The summed E-state index contributed by atoms with van der Waals surface area (Å²) in [5, 5.41) is 5.01. The first-order chi connectivity index (χ1) is 10.3. The minimum Gasteiger partial charge on any atom is -0.466 e. The van der Waals surface area contributed by atoms with Crippen LogP contribution in [0, 0.1) is 6.92 Å². The molecule has 0 fully saturated rings. The molecule has 0 amide bonds. The second-order valence-electron chi connectivity index (χ2n) is 5.29. The van der Waals surface area contributed by atoms with Gasteiger partial charge < -0.3 is 9.47 Å². The van der Waals surface area contributed by atoms with Crippen molar-refractivity contribution in [2.45, 2.75) is 39.8 Å². The maximum absolute atomic E-state index is 12.2. The van der Waals surface area contributed by atoms with Gasteiger partial charge in [-0.25, -0.2) is 19.3 Å². The molecule has 1 unspecified atom stereocenters. The summed E-state index contributed by atoms with van der Waals surface area (Å²) in [5.41, 5.74) is 1.55. The zero-order valence-corrected chi connectivity index (χ0v) is 13.3. The quantitative estimate of drug-likeness (QED) is 0.804. The van der Waals surface area contributed by atoms with Crippen molar-refractivity contribution < 1.29 is 19.1 Å². The summed E-state index contributed by atoms with van der Waals surface area (Å²) in [6.07, 6.45) is 0.688. The molecule has 0 saturated heterocycles. The highest BCUT2D eigenvalue weighted by molar-refractivity contribution is 5.95. The molecule has 0 N–H and O–H groups in total. The van der Waals surface area contributed by atoms with Gasteiger partial charge in [0, 0.05) is 11.4 Å². The van der Waals surface area contributed by atoms with Crippen molar-refractivity contribution in [1.82, 2.24) is 14.8 Å². The van der Waals surface area contributed by atoms with Crippen LogP contribution >= 0.6 is 0 Å². The number of hydrogen-bond donors (Lipinski definition) is 0. The average Bonchev–Trinajstić information content (AvgIpc) is 2.87. The highest BCUT2D eigenvalue weighted by atomic mass is 16.6. The van der Waals surface area contributed by atoms with E-state index in [0.717, 1.165) is 5.39 Å². The van der Waals surface area contributed by atoms with Gasteiger partial charge in [0.25, 0.3) is 0 Å². The summed E-state index contributed by atoms with van der Waals surface area (Å²) in [6, 6.07) is 1.84. The Morgan fingerprint density at radius 1 is 1.27 bits per heavy atom. The Bertz CT molecular complexity index is 721. The van der Waals surface area contributed by atoms with E-state index in [0.29, 0.717) is 16.9 Å². The zero-order valence-electron chi connectivity index (χ0n) is 13.3. The van der Waals surface area contributed by atoms with E-state index in [9.17, 15) is 9.59 Å². The number of nitrogens with zero attached hydrogens (tertiary/aromatic N) is 3. The van der Waals surface area contributed by atoms with Crippen LogP contribution in [0.1, 0.15) is 42.9 Å². The Balaban J connectivity index is 2.34. The predicted molar refractivity (Wildman–Crippen MR) is 79.5 cm³/mol. The van der Waals surface area contributed by atoms with E-state index < -0.39 is 18.0 Å². The average molecular weight is 305 g/mol. The summed E-state index contributed by atoms with van der Waals surface area (Å²) in [5.74, 6) is -1.21. The number of fused-ring (bicyclic) bond motifs is 1. The van der Waals surface area contributed by atoms with E-state index >= 15 is 0 Å². The smallest absolute Gasteiger partial charge is 0.346 e. The number of rotatable bonds is 4. The first kappa shape index (κ1) is 15.9. The number of hydrogen-bond acceptors (Lipinski definition) is 6. The van der Waals surface area contributed by atoms with Crippen molar-refractivity contribution in [1.29, 1.82) is 0 Å². The van der Waals surface area contributed by atoms with Gasteiger partial charge >= 0.3 is 11.9 Å². The highest BCUT2D eigenvalue weighted by Gasteiger charge is 2.22. The van der Waals surface area contributed by atoms with Gasteiger partial charge in [0.05, 0.1) is 24.6 Å². The van der Waals surface area contributed by atoms with E-state index in [1.807, 2.05) is 13.8 Å².